The molecule has 1 atom stereocenters. The SMILES string of the molecule is Cn1ccc(-c2cc(C(=O)Nc3ccc([C@H]4COC(=O)N4)nc3-c3ccccc3)c(F)cc2C(F)(F)F)n1. The van der Waals surface area contributed by atoms with Crippen LogP contribution in [-0.4, -0.2) is 33.4 Å². The summed E-state index contributed by atoms with van der Waals surface area (Å²) in [7, 11) is 1.53. The Balaban J connectivity index is 1.54. The molecule has 0 unspecified atom stereocenters. The minimum absolute atomic E-state index is 0.0642. The van der Waals surface area contributed by atoms with Gasteiger partial charge in [0, 0.05) is 24.4 Å². The number of anilines is 1. The number of aryl methyl sites for hydroxylation is 1. The molecule has 3 heterocycles. The second-order valence-electron chi connectivity index (χ2n) is 8.50. The van der Waals surface area contributed by atoms with Crippen molar-refractivity contribution in [1.82, 2.24) is 20.1 Å². The molecule has 0 radical (unpaired) electrons. The Labute approximate surface area is 213 Å². The Bertz CT molecular complexity index is 1540. The lowest BCUT2D eigenvalue weighted by molar-refractivity contribution is -0.137. The van der Waals surface area contributed by atoms with Crippen LogP contribution in [0.2, 0.25) is 0 Å². The molecule has 0 aliphatic carbocycles. The third-order valence-electron chi connectivity index (χ3n) is 5.89. The van der Waals surface area contributed by atoms with E-state index >= 15 is 0 Å². The Kier molecular flexibility index (Phi) is 6.31. The van der Waals surface area contributed by atoms with E-state index in [1.807, 2.05) is 0 Å². The van der Waals surface area contributed by atoms with Crippen molar-refractivity contribution in [2.75, 3.05) is 11.9 Å². The third kappa shape index (κ3) is 4.92. The maximum atomic E-state index is 14.9. The molecule has 2 aromatic carbocycles. The Morgan fingerprint density at radius 2 is 1.89 bits per heavy atom. The Morgan fingerprint density at radius 3 is 2.53 bits per heavy atom. The van der Waals surface area contributed by atoms with Crippen LogP contribution >= 0.6 is 0 Å². The number of halogens is 4. The molecular weight excluding hydrogens is 506 g/mol. The number of benzene rings is 2. The first-order valence-corrected chi connectivity index (χ1v) is 11.3. The standard InChI is InChI=1S/C26H19F4N5O3/c1-35-10-9-19(34-35)15-11-16(18(27)12-17(15)26(28,29)30)24(36)32-21-8-7-20(22-13-38-25(37)33-22)31-23(21)14-5-3-2-4-6-14/h2-12,22H,13H2,1H3,(H,32,36)(H,33,37)/t22-/m1/s1. The fourth-order valence-electron chi connectivity index (χ4n) is 4.07. The third-order valence-corrected chi connectivity index (χ3v) is 5.89. The van der Waals surface area contributed by atoms with Crippen LogP contribution in [0.25, 0.3) is 22.5 Å². The van der Waals surface area contributed by atoms with E-state index in [2.05, 4.69) is 20.7 Å². The number of hydrogen-bond acceptors (Lipinski definition) is 5. The lowest BCUT2D eigenvalue weighted by Gasteiger charge is -2.16. The van der Waals surface area contributed by atoms with E-state index in [0.29, 0.717) is 23.0 Å². The molecule has 1 saturated heterocycles. The van der Waals surface area contributed by atoms with Crippen molar-refractivity contribution < 1.29 is 31.9 Å². The lowest BCUT2D eigenvalue weighted by atomic mass is 9.99. The van der Waals surface area contributed by atoms with Crippen molar-refractivity contribution in [1.29, 1.82) is 0 Å². The smallest absolute Gasteiger partial charge is 0.417 e. The first kappa shape index (κ1) is 24.9. The van der Waals surface area contributed by atoms with E-state index in [1.165, 1.54) is 30.1 Å². The predicted molar refractivity (Wildman–Crippen MR) is 128 cm³/mol. The number of aromatic nitrogens is 3. The van der Waals surface area contributed by atoms with Gasteiger partial charge in [-0.05, 0) is 30.3 Å². The molecule has 5 rings (SSSR count). The van der Waals surface area contributed by atoms with E-state index in [0.717, 1.165) is 6.07 Å². The molecule has 0 bridgehead atoms. The number of rotatable bonds is 5. The van der Waals surface area contributed by atoms with Crippen molar-refractivity contribution in [2.45, 2.75) is 12.2 Å². The van der Waals surface area contributed by atoms with Crippen LogP contribution in [-0.2, 0) is 18.0 Å². The van der Waals surface area contributed by atoms with E-state index in [-0.39, 0.29) is 18.0 Å². The van der Waals surface area contributed by atoms with Gasteiger partial charge in [-0.25, -0.2) is 14.2 Å². The molecule has 2 N–H and O–H groups in total. The van der Waals surface area contributed by atoms with Crippen molar-refractivity contribution in [3.8, 4) is 22.5 Å². The van der Waals surface area contributed by atoms with E-state index in [9.17, 15) is 27.2 Å². The number of pyridine rings is 1. The van der Waals surface area contributed by atoms with Gasteiger partial charge >= 0.3 is 12.3 Å². The van der Waals surface area contributed by atoms with Gasteiger partial charge < -0.3 is 15.4 Å². The van der Waals surface area contributed by atoms with Crippen molar-refractivity contribution in [3.63, 3.8) is 0 Å². The molecule has 38 heavy (non-hydrogen) atoms. The predicted octanol–water partition coefficient (Wildman–Crippen LogP) is 5.34. The van der Waals surface area contributed by atoms with E-state index < -0.39 is 46.7 Å². The fraction of sp³-hybridized carbons (Fsp3) is 0.154. The molecule has 4 aromatic rings. The normalized spacial score (nSPS) is 15.2. The first-order valence-electron chi connectivity index (χ1n) is 11.3. The van der Waals surface area contributed by atoms with Gasteiger partial charge in [0.2, 0.25) is 0 Å². The fourth-order valence-corrected chi connectivity index (χ4v) is 4.07. The number of carbonyl (C=O) groups is 2. The zero-order valence-corrected chi connectivity index (χ0v) is 19.7. The second-order valence-corrected chi connectivity index (χ2v) is 8.50. The summed E-state index contributed by atoms with van der Waals surface area (Å²) in [5.41, 5.74) is -0.768. The zero-order valence-electron chi connectivity index (χ0n) is 19.7. The van der Waals surface area contributed by atoms with Crippen LogP contribution < -0.4 is 10.6 Å². The number of alkyl carbamates (subject to hydrolysis) is 1. The van der Waals surface area contributed by atoms with E-state index in [1.54, 1.807) is 36.4 Å². The average molecular weight is 525 g/mol. The van der Waals surface area contributed by atoms with Crippen molar-refractivity contribution >= 4 is 17.7 Å². The molecule has 1 aliphatic rings. The summed E-state index contributed by atoms with van der Waals surface area (Å²) in [5, 5.41) is 9.18. The number of hydrogen-bond donors (Lipinski definition) is 2. The molecule has 0 saturated carbocycles. The first-order chi connectivity index (χ1) is 18.1. The Morgan fingerprint density at radius 1 is 1.13 bits per heavy atom. The summed E-state index contributed by atoms with van der Waals surface area (Å²) in [5.74, 6) is -2.32. The van der Waals surface area contributed by atoms with Crippen LogP contribution in [0.5, 0.6) is 0 Å². The van der Waals surface area contributed by atoms with Gasteiger partial charge in [-0.2, -0.15) is 18.3 Å². The van der Waals surface area contributed by atoms with E-state index in [4.69, 9.17) is 4.74 Å². The highest BCUT2D eigenvalue weighted by molar-refractivity contribution is 6.07. The van der Waals surface area contributed by atoms with Gasteiger partial charge in [-0.15, -0.1) is 0 Å². The highest BCUT2D eigenvalue weighted by Crippen LogP contribution is 2.38. The molecule has 1 fully saturated rings. The van der Waals surface area contributed by atoms with Crippen LogP contribution in [0.3, 0.4) is 0 Å². The molecule has 194 valence electrons. The van der Waals surface area contributed by atoms with Gasteiger partial charge in [0.1, 0.15) is 18.5 Å². The molecule has 8 nitrogen and oxygen atoms in total. The van der Waals surface area contributed by atoms with Crippen LogP contribution in [0.15, 0.2) is 66.9 Å². The van der Waals surface area contributed by atoms with Gasteiger partial charge in [-0.1, -0.05) is 30.3 Å². The summed E-state index contributed by atoms with van der Waals surface area (Å²) >= 11 is 0. The molecule has 2 aromatic heterocycles. The number of alkyl halides is 3. The summed E-state index contributed by atoms with van der Waals surface area (Å²) < 4.78 is 62.2. The Hall–Kier alpha value is -4.74. The summed E-state index contributed by atoms with van der Waals surface area (Å²) in [6, 6.07) is 13.8. The maximum Gasteiger partial charge on any atom is 0.417 e. The number of nitrogens with zero attached hydrogens (tertiary/aromatic N) is 3. The highest BCUT2D eigenvalue weighted by atomic mass is 19.4. The zero-order chi connectivity index (χ0) is 27.0. The second kappa shape index (κ2) is 9.61. The highest BCUT2D eigenvalue weighted by Gasteiger charge is 2.36. The maximum absolute atomic E-state index is 14.9. The van der Waals surface area contributed by atoms with Gasteiger partial charge in [0.25, 0.3) is 5.91 Å². The topological polar surface area (TPSA) is 98.1 Å². The minimum Gasteiger partial charge on any atom is -0.447 e. The monoisotopic (exact) mass is 525 g/mol. The summed E-state index contributed by atoms with van der Waals surface area (Å²) in [4.78, 5) is 29.2. The van der Waals surface area contributed by atoms with Crippen LogP contribution in [0.1, 0.15) is 27.7 Å². The molecule has 1 aliphatic heterocycles. The largest absolute Gasteiger partial charge is 0.447 e. The molecule has 0 spiro atoms. The van der Waals surface area contributed by atoms with Gasteiger partial charge in [-0.3, -0.25) is 9.48 Å². The van der Waals surface area contributed by atoms with Crippen LogP contribution in [0.4, 0.5) is 28.0 Å². The molecular formula is C26H19F4N5O3. The molecule has 12 heteroatoms. The van der Waals surface area contributed by atoms with Gasteiger partial charge in [0.15, 0.2) is 0 Å². The quantitative estimate of drug-likeness (QED) is 0.343. The number of cyclic esters (lactones) is 1. The number of carbonyl (C=O) groups excluding carboxylic acids is 2. The molecule has 2 amide bonds. The number of amides is 2. The average Bonchev–Trinajstić information content (AvgIpc) is 3.52. The van der Waals surface area contributed by atoms with Gasteiger partial charge in [0.05, 0.1) is 33.9 Å². The number of nitrogens with one attached hydrogen (secondary N) is 2. The summed E-state index contributed by atoms with van der Waals surface area (Å²) in [6.45, 7) is 0.0683. The minimum atomic E-state index is -4.87. The summed E-state index contributed by atoms with van der Waals surface area (Å²) in [6.07, 6.45) is -4.02. The van der Waals surface area contributed by atoms with Crippen molar-refractivity contribution in [2.24, 2.45) is 7.05 Å². The van der Waals surface area contributed by atoms with Crippen molar-refractivity contribution in [3.05, 3.63) is 89.5 Å². The number of ether oxygens (including phenoxy) is 1. The lowest BCUT2D eigenvalue weighted by Crippen LogP contribution is -2.20. The van der Waals surface area contributed by atoms with Crippen LogP contribution in [0, 0.1) is 5.82 Å².